The summed E-state index contributed by atoms with van der Waals surface area (Å²) in [4.78, 5) is 15.2. The van der Waals surface area contributed by atoms with Gasteiger partial charge in [0, 0.05) is 31.0 Å². The number of aromatic nitrogens is 1. The maximum atomic E-state index is 13.3. The van der Waals surface area contributed by atoms with Crippen molar-refractivity contribution in [2.75, 3.05) is 20.3 Å². The molecule has 1 aromatic carbocycles. The van der Waals surface area contributed by atoms with Gasteiger partial charge in [0.05, 0.1) is 24.8 Å². The number of hydrogen-bond acceptors (Lipinski definition) is 3. The maximum Gasteiger partial charge on any atom is 0.254 e. The molecule has 1 aromatic heterocycles. The molecule has 0 N–H and O–H groups in total. The third-order valence-corrected chi connectivity index (χ3v) is 5.13. The highest BCUT2D eigenvalue weighted by Crippen LogP contribution is 2.38. The Hall–Kier alpha value is -2.14. The van der Waals surface area contributed by atoms with Gasteiger partial charge in [-0.15, -0.1) is 0 Å². The van der Waals surface area contributed by atoms with E-state index in [1.807, 2.05) is 31.1 Å². The minimum atomic E-state index is -0.0286. The van der Waals surface area contributed by atoms with Crippen molar-refractivity contribution in [2.45, 2.75) is 32.2 Å². The maximum absolute atomic E-state index is 13.3. The number of hydrogen-bond donors (Lipinski definition) is 0. The van der Waals surface area contributed by atoms with E-state index in [0.717, 1.165) is 31.5 Å². The second-order valence-corrected chi connectivity index (χ2v) is 6.88. The Morgan fingerprint density at radius 1 is 1.35 bits per heavy atom. The normalized spacial score (nSPS) is 17.2. The predicted octanol–water partition coefficient (Wildman–Crippen LogP) is 4.45. The van der Waals surface area contributed by atoms with Crippen LogP contribution in [0.3, 0.4) is 0 Å². The van der Waals surface area contributed by atoms with Crippen molar-refractivity contribution in [2.24, 2.45) is 7.05 Å². The first-order valence-corrected chi connectivity index (χ1v) is 9.37. The van der Waals surface area contributed by atoms with Crippen LogP contribution in [0.15, 0.2) is 30.5 Å². The van der Waals surface area contributed by atoms with Gasteiger partial charge in [0.2, 0.25) is 0 Å². The highest BCUT2D eigenvalue weighted by Gasteiger charge is 2.31. The van der Waals surface area contributed by atoms with Crippen LogP contribution in [0, 0.1) is 0 Å². The summed E-state index contributed by atoms with van der Waals surface area (Å²) in [5, 5.41) is 0.391. The highest BCUT2D eigenvalue weighted by atomic mass is 35.5. The van der Waals surface area contributed by atoms with Gasteiger partial charge in [-0.3, -0.25) is 4.79 Å². The molecule has 0 spiro atoms. The molecule has 1 amide bonds. The zero-order chi connectivity index (χ0) is 18.7. The fourth-order valence-electron chi connectivity index (χ4n) is 3.60. The van der Waals surface area contributed by atoms with E-state index in [-0.39, 0.29) is 11.9 Å². The second-order valence-electron chi connectivity index (χ2n) is 6.48. The number of halogens is 1. The molecular formula is C20H25ClN2O3. The minimum Gasteiger partial charge on any atom is -0.493 e. The van der Waals surface area contributed by atoms with Crippen LogP contribution in [-0.4, -0.2) is 35.6 Å². The van der Waals surface area contributed by atoms with Crippen molar-refractivity contribution < 1.29 is 14.3 Å². The molecule has 1 saturated heterocycles. The Bertz CT molecular complexity index is 787. The molecule has 0 bridgehead atoms. The SMILES string of the molecule is CCOc1c(Cl)cc(C(=O)N2CCCCC2c2cccn2C)cc1OC. The van der Waals surface area contributed by atoms with Gasteiger partial charge < -0.3 is 18.9 Å². The lowest BCUT2D eigenvalue weighted by molar-refractivity contribution is 0.0602. The molecular weight excluding hydrogens is 352 g/mol. The standard InChI is InChI=1S/C20H25ClN2O3/c1-4-26-19-15(21)12-14(13-18(19)25-3)20(24)23-11-6-5-8-17(23)16-9-7-10-22(16)2/h7,9-10,12-13,17H,4-6,8,11H2,1-3H3. The summed E-state index contributed by atoms with van der Waals surface area (Å²) in [6, 6.07) is 7.57. The van der Waals surface area contributed by atoms with Gasteiger partial charge in [-0.1, -0.05) is 11.6 Å². The Morgan fingerprint density at radius 3 is 2.81 bits per heavy atom. The molecule has 1 aliphatic heterocycles. The Balaban J connectivity index is 1.94. The van der Waals surface area contributed by atoms with Gasteiger partial charge >= 0.3 is 0 Å². The number of nitrogens with zero attached hydrogens (tertiary/aromatic N) is 2. The molecule has 1 atom stereocenters. The number of carbonyl (C=O) groups is 1. The van der Waals surface area contributed by atoms with Gasteiger partial charge in [-0.25, -0.2) is 0 Å². The number of carbonyl (C=O) groups excluding carboxylic acids is 1. The number of rotatable bonds is 5. The van der Waals surface area contributed by atoms with Gasteiger partial charge in [0.15, 0.2) is 11.5 Å². The highest BCUT2D eigenvalue weighted by molar-refractivity contribution is 6.32. The van der Waals surface area contributed by atoms with Crippen molar-refractivity contribution in [3.05, 3.63) is 46.7 Å². The van der Waals surface area contributed by atoms with Crippen LogP contribution in [0.4, 0.5) is 0 Å². The van der Waals surface area contributed by atoms with Gasteiger partial charge in [-0.05, 0) is 50.5 Å². The molecule has 0 aliphatic carbocycles. The molecule has 2 heterocycles. The summed E-state index contributed by atoms with van der Waals surface area (Å²) in [7, 11) is 3.57. The smallest absolute Gasteiger partial charge is 0.254 e. The van der Waals surface area contributed by atoms with Crippen LogP contribution < -0.4 is 9.47 Å². The van der Waals surface area contributed by atoms with Crippen LogP contribution in [0.1, 0.15) is 48.3 Å². The number of piperidine rings is 1. The zero-order valence-corrected chi connectivity index (χ0v) is 16.3. The van der Waals surface area contributed by atoms with E-state index in [0.29, 0.717) is 28.7 Å². The molecule has 1 aliphatic rings. The monoisotopic (exact) mass is 376 g/mol. The van der Waals surface area contributed by atoms with Gasteiger partial charge in [0.25, 0.3) is 5.91 Å². The third kappa shape index (κ3) is 3.54. The fraction of sp³-hybridized carbons (Fsp3) is 0.450. The summed E-state index contributed by atoms with van der Waals surface area (Å²) < 4.78 is 13.0. The topological polar surface area (TPSA) is 43.7 Å². The van der Waals surface area contributed by atoms with E-state index in [9.17, 15) is 4.79 Å². The first-order chi connectivity index (χ1) is 12.6. The van der Waals surface area contributed by atoms with Crippen molar-refractivity contribution in [1.82, 2.24) is 9.47 Å². The number of likely N-dealkylation sites (tertiary alicyclic amines) is 1. The Kier molecular flexibility index (Phi) is 5.77. The van der Waals surface area contributed by atoms with Crippen molar-refractivity contribution in [3.63, 3.8) is 0 Å². The van der Waals surface area contributed by atoms with E-state index in [4.69, 9.17) is 21.1 Å². The quantitative estimate of drug-likeness (QED) is 0.774. The summed E-state index contributed by atoms with van der Waals surface area (Å²) in [6.07, 6.45) is 5.11. The third-order valence-electron chi connectivity index (χ3n) is 4.85. The summed E-state index contributed by atoms with van der Waals surface area (Å²) in [5.74, 6) is 0.931. The molecule has 1 fully saturated rings. The largest absolute Gasteiger partial charge is 0.493 e. The first-order valence-electron chi connectivity index (χ1n) is 8.99. The number of methoxy groups -OCH3 is 1. The molecule has 3 rings (SSSR count). The van der Waals surface area contributed by atoms with Gasteiger partial charge in [0.1, 0.15) is 0 Å². The Morgan fingerprint density at radius 2 is 2.15 bits per heavy atom. The van der Waals surface area contributed by atoms with E-state index in [1.54, 1.807) is 19.2 Å². The van der Waals surface area contributed by atoms with Crippen LogP contribution in [0.2, 0.25) is 5.02 Å². The number of benzene rings is 1. The zero-order valence-electron chi connectivity index (χ0n) is 15.5. The average Bonchev–Trinajstić information content (AvgIpc) is 3.08. The lowest BCUT2D eigenvalue weighted by Crippen LogP contribution is -2.39. The van der Waals surface area contributed by atoms with Crippen LogP contribution in [0.5, 0.6) is 11.5 Å². The van der Waals surface area contributed by atoms with E-state index >= 15 is 0 Å². The van der Waals surface area contributed by atoms with Crippen molar-refractivity contribution >= 4 is 17.5 Å². The van der Waals surface area contributed by atoms with Gasteiger partial charge in [-0.2, -0.15) is 0 Å². The number of aryl methyl sites for hydroxylation is 1. The van der Waals surface area contributed by atoms with Crippen molar-refractivity contribution in [1.29, 1.82) is 0 Å². The molecule has 140 valence electrons. The first kappa shape index (κ1) is 18.6. The minimum absolute atomic E-state index is 0.0286. The van der Waals surface area contributed by atoms with E-state index in [2.05, 4.69) is 10.6 Å². The second kappa shape index (κ2) is 8.04. The molecule has 5 nitrogen and oxygen atoms in total. The summed E-state index contributed by atoms with van der Waals surface area (Å²) >= 11 is 6.36. The Labute approximate surface area is 159 Å². The molecule has 0 radical (unpaired) electrons. The van der Waals surface area contributed by atoms with E-state index in [1.165, 1.54) is 0 Å². The van der Waals surface area contributed by atoms with Crippen LogP contribution in [0.25, 0.3) is 0 Å². The lowest BCUT2D eigenvalue weighted by Gasteiger charge is -2.36. The predicted molar refractivity (Wildman–Crippen MR) is 102 cm³/mol. The van der Waals surface area contributed by atoms with Crippen molar-refractivity contribution in [3.8, 4) is 11.5 Å². The van der Waals surface area contributed by atoms with E-state index < -0.39 is 0 Å². The summed E-state index contributed by atoms with van der Waals surface area (Å²) in [6.45, 7) is 3.10. The molecule has 1 unspecified atom stereocenters. The van der Waals surface area contributed by atoms with Crippen LogP contribution in [-0.2, 0) is 7.05 Å². The molecule has 0 saturated carbocycles. The number of amides is 1. The lowest BCUT2D eigenvalue weighted by atomic mass is 9.98. The molecule has 6 heteroatoms. The molecule has 2 aromatic rings. The van der Waals surface area contributed by atoms with Crippen LogP contribution >= 0.6 is 11.6 Å². The fourth-order valence-corrected chi connectivity index (χ4v) is 3.86. The number of ether oxygens (including phenoxy) is 2. The average molecular weight is 377 g/mol. The molecule has 26 heavy (non-hydrogen) atoms. The summed E-state index contributed by atoms with van der Waals surface area (Å²) in [5.41, 5.74) is 1.68.